The lowest BCUT2D eigenvalue weighted by Gasteiger charge is -2.44. The number of benzene rings is 3. The standard InChI is InChI=1S/C23H18BrNO4/c24-13-21(26)25(22-16-9-6-12-19-23(16)27-14-20(22)29-19)17-10-4-5-11-18(17)28-15-7-2-1-3-8-15/h1-12,20,22H,13-14H2. The number of rotatable bonds is 5. The third-order valence-corrected chi connectivity index (χ3v) is 5.59. The molecule has 29 heavy (non-hydrogen) atoms. The highest BCUT2D eigenvalue weighted by Gasteiger charge is 2.45. The Balaban J connectivity index is 1.61. The van der Waals surface area contributed by atoms with Gasteiger partial charge in [0.15, 0.2) is 23.4 Å². The van der Waals surface area contributed by atoms with Gasteiger partial charge in [0, 0.05) is 5.56 Å². The van der Waals surface area contributed by atoms with E-state index >= 15 is 0 Å². The molecule has 146 valence electrons. The zero-order valence-electron chi connectivity index (χ0n) is 15.5. The van der Waals surface area contributed by atoms with Crippen molar-refractivity contribution in [1.82, 2.24) is 0 Å². The summed E-state index contributed by atoms with van der Waals surface area (Å²) in [4.78, 5) is 14.9. The average molecular weight is 452 g/mol. The van der Waals surface area contributed by atoms with Crippen LogP contribution in [0.5, 0.6) is 23.0 Å². The molecular weight excluding hydrogens is 434 g/mol. The van der Waals surface area contributed by atoms with E-state index in [2.05, 4.69) is 15.9 Å². The van der Waals surface area contributed by atoms with Crippen molar-refractivity contribution in [2.24, 2.45) is 0 Å². The van der Waals surface area contributed by atoms with E-state index in [4.69, 9.17) is 14.2 Å². The van der Waals surface area contributed by atoms with Crippen LogP contribution in [0.25, 0.3) is 0 Å². The molecule has 3 aromatic carbocycles. The first-order valence-corrected chi connectivity index (χ1v) is 10.5. The monoisotopic (exact) mass is 451 g/mol. The summed E-state index contributed by atoms with van der Waals surface area (Å²) >= 11 is 3.34. The number of ether oxygens (including phenoxy) is 3. The minimum absolute atomic E-state index is 0.0761. The summed E-state index contributed by atoms with van der Waals surface area (Å²) < 4.78 is 18.1. The molecule has 6 rings (SSSR count). The highest BCUT2D eigenvalue weighted by molar-refractivity contribution is 9.09. The van der Waals surface area contributed by atoms with E-state index < -0.39 is 0 Å². The smallest absolute Gasteiger partial charge is 0.238 e. The van der Waals surface area contributed by atoms with Gasteiger partial charge in [0.05, 0.1) is 11.0 Å². The Kier molecular flexibility index (Phi) is 4.64. The maximum atomic E-state index is 13.1. The molecule has 0 radical (unpaired) electrons. The molecule has 2 unspecified atom stereocenters. The topological polar surface area (TPSA) is 48.0 Å². The highest BCUT2D eigenvalue weighted by atomic mass is 79.9. The van der Waals surface area contributed by atoms with Crippen molar-refractivity contribution in [3.05, 3.63) is 78.4 Å². The van der Waals surface area contributed by atoms with E-state index in [-0.39, 0.29) is 23.4 Å². The predicted molar refractivity (Wildman–Crippen MR) is 113 cm³/mol. The summed E-state index contributed by atoms with van der Waals surface area (Å²) in [5.74, 6) is 2.69. The fourth-order valence-electron chi connectivity index (χ4n) is 3.90. The Hall–Kier alpha value is -2.99. The summed E-state index contributed by atoms with van der Waals surface area (Å²) in [6.07, 6.45) is -0.286. The van der Waals surface area contributed by atoms with Crippen LogP contribution in [-0.2, 0) is 4.79 Å². The van der Waals surface area contributed by atoms with E-state index in [9.17, 15) is 4.79 Å². The van der Waals surface area contributed by atoms with Gasteiger partial charge < -0.3 is 14.2 Å². The van der Waals surface area contributed by atoms with Crippen molar-refractivity contribution >= 4 is 27.5 Å². The van der Waals surface area contributed by atoms with Gasteiger partial charge in [0.2, 0.25) is 5.91 Å². The van der Waals surface area contributed by atoms with E-state index in [1.807, 2.05) is 72.8 Å². The SMILES string of the molecule is O=C(CBr)N(c1ccccc1Oc1ccccc1)C1c2cccc3c2OCC1O3. The number of amides is 1. The van der Waals surface area contributed by atoms with E-state index in [1.54, 1.807) is 4.90 Å². The summed E-state index contributed by atoms with van der Waals surface area (Å²) in [5, 5.41) is 0.186. The molecule has 0 aromatic heterocycles. The maximum Gasteiger partial charge on any atom is 0.238 e. The maximum absolute atomic E-state index is 13.1. The van der Waals surface area contributed by atoms with Crippen molar-refractivity contribution < 1.29 is 19.0 Å². The molecule has 3 aliphatic heterocycles. The van der Waals surface area contributed by atoms with Crippen LogP contribution >= 0.6 is 15.9 Å². The molecule has 3 heterocycles. The minimum atomic E-state index is -0.293. The van der Waals surface area contributed by atoms with Gasteiger partial charge in [-0.2, -0.15) is 0 Å². The number of alkyl halides is 1. The number of para-hydroxylation sites is 4. The molecule has 5 nitrogen and oxygen atoms in total. The number of halogens is 1. The lowest BCUT2D eigenvalue weighted by Crippen LogP contribution is -2.50. The van der Waals surface area contributed by atoms with Crippen LogP contribution < -0.4 is 19.1 Å². The van der Waals surface area contributed by atoms with Crippen LogP contribution in [0.4, 0.5) is 5.69 Å². The Labute approximate surface area is 176 Å². The average Bonchev–Trinajstić information content (AvgIpc) is 2.77. The third-order valence-electron chi connectivity index (χ3n) is 5.11. The Morgan fingerprint density at radius 1 is 1.03 bits per heavy atom. The summed E-state index contributed by atoms with van der Waals surface area (Å²) in [5.41, 5.74) is 1.65. The van der Waals surface area contributed by atoms with Gasteiger partial charge in [-0.05, 0) is 30.3 Å². The largest absolute Gasteiger partial charge is 0.485 e. The molecule has 1 amide bonds. The van der Waals surface area contributed by atoms with Gasteiger partial charge in [-0.3, -0.25) is 9.69 Å². The zero-order chi connectivity index (χ0) is 19.8. The third kappa shape index (κ3) is 3.13. The molecule has 6 heteroatoms. The Morgan fingerprint density at radius 3 is 2.66 bits per heavy atom. The molecule has 0 aliphatic carbocycles. The van der Waals surface area contributed by atoms with Crippen molar-refractivity contribution in [3.8, 4) is 23.0 Å². The summed E-state index contributed by atoms with van der Waals surface area (Å²) in [6, 6.07) is 22.6. The second-order valence-corrected chi connectivity index (χ2v) is 7.43. The first-order chi connectivity index (χ1) is 14.3. The van der Waals surface area contributed by atoms with Gasteiger partial charge in [-0.15, -0.1) is 0 Å². The number of anilines is 1. The van der Waals surface area contributed by atoms with Crippen LogP contribution in [0.3, 0.4) is 0 Å². The van der Waals surface area contributed by atoms with Crippen LogP contribution in [-0.4, -0.2) is 23.9 Å². The normalized spacial score (nSPS) is 18.5. The molecule has 0 saturated carbocycles. The van der Waals surface area contributed by atoms with Crippen molar-refractivity contribution in [1.29, 1.82) is 0 Å². The fraction of sp³-hybridized carbons (Fsp3) is 0.174. The quantitative estimate of drug-likeness (QED) is 0.506. The Bertz CT molecular complexity index is 1060. The van der Waals surface area contributed by atoms with Crippen molar-refractivity contribution in [2.75, 3.05) is 16.8 Å². The van der Waals surface area contributed by atoms with Gasteiger partial charge in [-0.1, -0.05) is 58.4 Å². The molecule has 4 bridgehead atoms. The molecule has 0 fully saturated rings. The molecule has 0 spiro atoms. The summed E-state index contributed by atoms with van der Waals surface area (Å²) in [7, 11) is 0. The van der Waals surface area contributed by atoms with Crippen molar-refractivity contribution in [3.63, 3.8) is 0 Å². The fourth-order valence-corrected chi connectivity index (χ4v) is 4.17. The molecule has 3 aromatic rings. The highest BCUT2D eigenvalue weighted by Crippen LogP contribution is 2.50. The molecular formula is C23H18BrNO4. The van der Waals surface area contributed by atoms with Gasteiger partial charge in [0.1, 0.15) is 18.4 Å². The number of hydrogen-bond acceptors (Lipinski definition) is 4. The first kappa shape index (κ1) is 18.1. The number of carbonyl (C=O) groups is 1. The molecule has 0 N–H and O–H groups in total. The number of nitrogens with zero attached hydrogens (tertiary/aromatic N) is 1. The second-order valence-electron chi connectivity index (χ2n) is 6.87. The van der Waals surface area contributed by atoms with Crippen LogP contribution in [0.1, 0.15) is 11.6 Å². The van der Waals surface area contributed by atoms with Gasteiger partial charge >= 0.3 is 0 Å². The van der Waals surface area contributed by atoms with E-state index in [0.717, 1.165) is 11.3 Å². The van der Waals surface area contributed by atoms with Gasteiger partial charge in [-0.25, -0.2) is 0 Å². The van der Waals surface area contributed by atoms with Gasteiger partial charge in [0.25, 0.3) is 0 Å². The van der Waals surface area contributed by atoms with Crippen LogP contribution in [0, 0.1) is 0 Å². The first-order valence-electron chi connectivity index (χ1n) is 9.38. The van der Waals surface area contributed by atoms with E-state index in [1.165, 1.54) is 0 Å². The minimum Gasteiger partial charge on any atom is -0.485 e. The zero-order valence-corrected chi connectivity index (χ0v) is 17.0. The number of fused-ring (bicyclic) bond motifs is 1. The number of hydrogen-bond donors (Lipinski definition) is 0. The molecule has 2 atom stereocenters. The van der Waals surface area contributed by atoms with Crippen LogP contribution in [0.2, 0.25) is 0 Å². The Morgan fingerprint density at radius 2 is 1.83 bits per heavy atom. The lowest BCUT2D eigenvalue weighted by molar-refractivity contribution is -0.117. The molecule has 0 saturated heterocycles. The summed E-state index contributed by atoms with van der Waals surface area (Å²) in [6.45, 7) is 0.405. The lowest BCUT2D eigenvalue weighted by atomic mass is 9.92. The second kappa shape index (κ2) is 7.44. The van der Waals surface area contributed by atoms with Crippen LogP contribution in [0.15, 0.2) is 72.8 Å². The molecule has 3 aliphatic rings. The van der Waals surface area contributed by atoms with Crippen molar-refractivity contribution in [2.45, 2.75) is 12.1 Å². The number of carbonyl (C=O) groups excluding carboxylic acids is 1. The predicted octanol–water partition coefficient (Wildman–Crippen LogP) is 5.10. The van der Waals surface area contributed by atoms with E-state index in [0.29, 0.717) is 29.5 Å².